The third-order valence-electron chi connectivity index (χ3n) is 2.76. The Morgan fingerprint density at radius 1 is 1.21 bits per heavy atom. The molecule has 0 saturated heterocycles. The van der Waals surface area contributed by atoms with Crippen molar-refractivity contribution in [3.05, 3.63) is 35.4 Å². The number of alkyl halides is 3. The third kappa shape index (κ3) is 4.49. The molecule has 1 unspecified atom stereocenters. The summed E-state index contributed by atoms with van der Waals surface area (Å²) in [5, 5.41) is 13.1. The molecule has 0 heterocycles. The summed E-state index contributed by atoms with van der Waals surface area (Å²) >= 11 is 0. The molecule has 1 rings (SSSR count). The van der Waals surface area contributed by atoms with Gasteiger partial charge in [-0.05, 0) is 18.6 Å². The Bertz CT molecular complexity index is 405. The van der Waals surface area contributed by atoms with Gasteiger partial charge >= 0.3 is 6.18 Å². The molecule has 108 valence electrons. The monoisotopic (exact) mass is 277 g/mol. The van der Waals surface area contributed by atoms with E-state index in [1.807, 2.05) is 0 Å². The second-order valence-corrected chi connectivity index (χ2v) is 4.49. The predicted octanol–water partition coefficient (Wildman–Crippen LogP) is 2.15. The highest BCUT2D eigenvalue weighted by molar-refractivity contribution is 5.34. The molecule has 3 nitrogen and oxygen atoms in total. The quantitative estimate of drug-likeness (QED) is 0.783. The van der Waals surface area contributed by atoms with Gasteiger partial charge in [-0.2, -0.15) is 13.2 Å². The summed E-state index contributed by atoms with van der Waals surface area (Å²) in [6.45, 7) is 2.26. The van der Waals surface area contributed by atoms with E-state index in [2.05, 4.69) is 5.32 Å². The van der Waals surface area contributed by atoms with Gasteiger partial charge in [-0.3, -0.25) is 0 Å². The minimum absolute atomic E-state index is 0.0173. The number of hydrogen-bond donors (Lipinski definition) is 2. The smallest absolute Gasteiger partial charge is 0.384 e. The lowest BCUT2D eigenvalue weighted by atomic mass is 9.91. The van der Waals surface area contributed by atoms with E-state index >= 15 is 0 Å². The number of methoxy groups -OCH3 is 1. The first-order chi connectivity index (χ1) is 8.79. The second-order valence-electron chi connectivity index (χ2n) is 4.49. The third-order valence-corrected chi connectivity index (χ3v) is 2.76. The van der Waals surface area contributed by atoms with Crippen LogP contribution in [0, 0.1) is 0 Å². The Labute approximate surface area is 110 Å². The molecular formula is C13H18F3NO2. The zero-order valence-electron chi connectivity index (χ0n) is 10.9. The number of nitrogens with one attached hydrogen (secondary N) is 1. The van der Waals surface area contributed by atoms with Crippen molar-refractivity contribution in [1.29, 1.82) is 0 Å². The van der Waals surface area contributed by atoms with Crippen molar-refractivity contribution >= 4 is 0 Å². The minimum atomic E-state index is -4.48. The molecule has 1 aromatic rings. The number of benzene rings is 1. The molecular weight excluding hydrogens is 259 g/mol. The van der Waals surface area contributed by atoms with Crippen LogP contribution in [0.15, 0.2) is 24.3 Å². The van der Waals surface area contributed by atoms with Crippen molar-refractivity contribution < 1.29 is 23.0 Å². The van der Waals surface area contributed by atoms with Gasteiger partial charge in [-0.25, -0.2) is 0 Å². The lowest BCUT2D eigenvalue weighted by molar-refractivity contribution is -0.140. The highest BCUT2D eigenvalue weighted by atomic mass is 19.4. The van der Waals surface area contributed by atoms with Crippen LogP contribution in [0.5, 0.6) is 0 Å². The van der Waals surface area contributed by atoms with Crippen LogP contribution < -0.4 is 5.32 Å². The Morgan fingerprint density at radius 2 is 1.79 bits per heavy atom. The van der Waals surface area contributed by atoms with Crippen molar-refractivity contribution in [2.75, 3.05) is 26.8 Å². The fourth-order valence-electron chi connectivity index (χ4n) is 1.80. The largest absolute Gasteiger partial charge is 0.416 e. The van der Waals surface area contributed by atoms with Gasteiger partial charge in [0.1, 0.15) is 0 Å². The topological polar surface area (TPSA) is 41.5 Å². The molecule has 0 fully saturated rings. The Hall–Kier alpha value is -1.11. The summed E-state index contributed by atoms with van der Waals surface area (Å²) in [5.74, 6) is 0. The molecule has 1 atom stereocenters. The number of hydrogen-bond acceptors (Lipinski definition) is 3. The molecule has 1 aromatic carbocycles. The number of ether oxygens (including phenoxy) is 1. The van der Waals surface area contributed by atoms with Crippen molar-refractivity contribution in [2.45, 2.75) is 18.7 Å². The number of halogens is 3. The zero-order chi connectivity index (χ0) is 14.5. The maximum atomic E-state index is 12.9. The summed E-state index contributed by atoms with van der Waals surface area (Å²) < 4.78 is 43.4. The van der Waals surface area contributed by atoms with Crippen molar-refractivity contribution in [1.82, 2.24) is 5.32 Å². The average Bonchev–Trinajstić information content (AvgIpc) is 2.34. The molecule has 0 bridgehead atoms. The van der Waals surface area contributed by atoms with Gasteiger partial charge in [0.2, 0.25) is 0 Å². The van der Waals surface area contributed by atoms with Crippen molar-refractivity contribution in [2.24, 2.45) is 0 Å². The summed E-state index contributed by atoms with van der Waals surface area (Å²) in [7, 11) is 1.53. The maximum absolute atomic E-state index is 12.9. The summed E-state index contributed by atoms with van der Waals surface area (Å²) in [6, 6.07) is 5.05. The van der Waals surface area contributed by atoms with Gasteiger partial charge in [0, 0.05) is 20.2 Å². The van der Waals surface area contributed by atoms with E-state index in [0.717, 1.165) is 6.07 Å². The molecule has 0 spiro atoms. The van der Waals surface area contributed by atoms with E-state index < -0.39 is 17.3 Å². The van der Waals surface area contributed by atoms with Crippen LogP contribution in [-0.2, 0) is 16.5 Å². The van der Waals surface area contributed by atoms with Crippen LogP contribution in [0.1, 0.15) is 18.1 Å². The van der Waals surface area contributed by atoms with Crippen LogP contribution in [0.25, 0.3) is 0 Å². The molecule has 0 aliphatic rings. The summed E-state index contributed by atoms with van der Waals surface area (Å²) in [4.78, 5) is 0. The van der Waals surface area contributed by atoms with Gasteiger partial charge in [-0.1, -0.05) is 18.2 Å². The van der Waals surface area contributed by atoms with E-state index in [1.165, 1.54) is 32.2 Å². The number of rotatable bonds is 6. The van der Waals surface area contributed by atoms with Crippen LogP contribution >= 0.6 is 0 Å². The molecule has 6 heteroatoms. The van der Waals surface area contributed by atoms with Gasteiger partial charge in [0.05, 0.1) is 17.8 Å². The summed E-state index contributed by atoms with van der Waals surface area (Å²) in [5.41, 5.74) is -2.54. The molecule has 0 aliphatic carbocycles. The minimum Gasteiger partial charge on any atom is -0.384 e. The van der Waals surface area contributed by atoms with E-state index in [0.29, 0.717) is 13.2 Å². The first-order valence-corrected chi connectivity index (χ1v) is 5.88. The first kappa shape index (κ1) is 15.9. The first-order valence-electron chi connectivity index (χ1n) is 5.88. The van der Waals surface area contributed by atoms with Crippen LogP contribution in [0.4, 0.5) is 13.2 Å². The zero-order valence-corrected chi connectivity index (χ0v) is 10.9. The molecule has 19 heavy (non-hydrogen) atoms. The van der Waals surface area contributed by atoms with Gasteiger partial charge < -0.3 is 15.2 Å². The van der Waals surface area contributed by atoms with Crippen LogP contribution in [0.3, 0.4) is 0 Å². The van der Waals surface area contributed by atoms with E-state index in [1.54, 1.807) is 0 Å². The maximum Gasteiger partial charge on any atom is 0.416 e. The molecule has 0 aliphatic heterocycles. The van der Waals surface area contributed by atoms with Crippen molar-refractivity contribution in [3.8, 4) is 0 Å². The Morgan fingerprint density at radius 3 is 2.32 bits per heavy atom. The second kappa shape index (κ2) is 6.36. The SMILES string of the molecule is COCCNCC(C)(O)c1ccccc1C(F)(F)F. The Kier molecular flexibility index (Phi) is 5.34. The van der Waals surface area contributed by atoms with Gasteiger partial charge in [0.15, 0.2) is 0 Å². The average molecular weight is 277 g/mol. The number of aliphatic hydroxyl groups is 1. The highest BCUT2D eigenvalue weighted by Crippen LogP contribution is 2.36. The molecule has 0 radical (unpaired) electrons. The Balaban J connectivity index is 2.88. The van der Waals surface area contributed by atoms with Gasteiger partial charge in [0.25, 0.3) is 0 Å². The standard InChI is InChI=1S/C13H18F3NO2/c1-12(18,9-17-7-8-19-2)10-5-3-4-6-11(10)13(14,15)16/h3-6,17-18H,7-9H2,1-2H3. The van der Waals surface area contributed by atoms with Crippen molar-refractivity contribution in [3.63, 3.8) is 0 Å². The molecule has 0 saturated carbocycles. The summed E-state index contributed by atoms with van der Waals surface area (Å²) in [6.07, 6.45) is -4.48. The van der Waals surface area contributed by atoms with Crippen LogP contribution in [-0.4, -0.2) is 31.9 Å². The lowest BCUT2D eigenvalue weighted by Gasteiger charge is -2.27. The highest BCUT2D eigenvalue weighted by Gasteiger charge is 2.38. The lowest BCUT2D eigenvalue weighted by Crippen LogP contribution is -2.38. The molecule has 0 aromatic heterocycles. The van der Waals surface area contributed by atoms with Gasteiger partial charge in [-0.15, -0.1) is 0 Å². The fraction of sp³-hybridized carbons (Fsp3) is 0.538. The fourth-order valence-corrected chi connectivity index (χ4v) is 1.80. The molecule has 0 amide bonds. The predicted molar refractivity (Wildman–Crippen MR) is 65.8 cm³/mol. The molecule has 2 N–H and O–H groups in total. The van der Waals surface area contributed by atoms with Crippen LogP contribution in [0.2, 0.25) is 0 Å². The van der Waals surface area contributed by atoms with E-state index in [9.17, 15) is 18.3 Å². The normalized spacial score (nSPS) is 15.3. The van der Waals surface area contributed by atoms with E-state index in [4.69, 9.17) is 4.74 Å². The van der Waals surface area contributed by atoms with E-state index in [-0.39, 0.29) is 12.1 Å².